The molecule has 0 aromatic carbocycles. The molecule has 160 valence electrons. The van der Waals surface area contributed by atoms with Crippen molar-refractivity contribution in [1.29, 1.82) is 0 Å². The number of aromatic nitrogens is 3. The number of carbonyl (C=O) groups is 1. The summed E-state index contributed by atoms with van der Waals surface area (Å²) in [6.07, 6.45) is 2.02. The lowest BCUT2D eigenvalue weighted by atomic mass is 10.1. The zero-order valence-corrected chi connectivity index (χ0v) is 18.4. The van der Waals surface area contributed by atoms with Gasteiger partial charge in [-0.25, -0.2) is 18.1 Å². The number of nitrogens with one attached hydrogen (secondary N) is 1. The Morgan fingerprint density at radius 3 is 2.90 bits per heavy atom. The summed E-state index contributed by atoms with van der Waals surface area (Å²) in [6, 6.07) is 8.83. The second-order valence-corrected chi connectivity index (χ2v) is 10.8. The van der Waals surface area contributed by atoms with E-state index in [9.17, 15) is 13.2 Å². The van der Waals surface area contributed by atoms with Gasteiger partial charge in [-0.05, 0) is 43.0 Å². The van der Waals surface area contributed by atoms with E-state index in [1.165, 1.54) is 0 Å². The van der Waals surface area contributed by atoms with Crippen LogP contribution in [0, 0.1) is 6.92 Å². The molecule has 4 aromatic rings. The van der Waals surface area contributed by atoms with Crippen LogP contribution in [0.25, 0.3) is 22.5 Å². The van der Waals surface area contributed by atoms with Gasteiger partial charge in [0.15, 0.2) is 21.2 Å². The minimum Gasteiger partial charge on any atom is -0.463 e. The molecule has 5 rings (SSSR count). The van der Waals surface area contributed by atoms with Crippen LogP contribution in [0.3, 0.4) is 0 Å². The Morgan fingerprint density at radius 2 is 2.23 bits per heavy atom. The second-order valence-electron chi connectivity index (χ2n) is 7.58. The predicted octanol–water partition coefficient (Wildman–Crippen LogP) is 3.35. The first-order valence-corrected chi connectivity index (χ1v) is 12.6. The molecule has 4 aromatic heterocycles. The van der Waals surface area contributed by atoms with Gasteiger partial charge in [0.05, 0.1) is 47.0 Å². The van der Waals surface area contributed by atoms with Crippen molar-refractivity contribution in [3.05, 3.63) is 58.1 Å². The topological polar surface area (TPSA) is 107 Å². The van der Waals surface area contributed by atoms with Crippen molar-refractivity contribution >= 4 is 38.1 Å². The van der Waals surface area contributed by atoms with E-state index < -0.39 is 9.84 Å². The summed E-state index contributed by atoms with van der Waals surface area (Å²) in [5, 5.41) is 10.2. The van der Waals surface area contributed by atoms with Gasteiger partial charge >= 0.3 is 0 Å². The van der Waals surface area contributed by atoms with Gasteiger partial charge in [0.2, 0.25) is 0 Å². The first-order valence-electron chi connectivity index (χ1n) is 9.86. The Bertz CT molecular complexity index is 1360. The second kappa shape index (κ2) is 7.61. The molecule has 8 nitrogen and oxygen atoms in total. The molecule has 31 heavy (non-hydrogen) atoms. The molecular formula is C21H20N4O4S2. The third-order valence-corrected chi connectivity index (χ3v) is 8.04. The van der Waals surface area contributed by atoms with Gasteiger partial charge in [0, 0.05) is 4.88 Å². The highest BCUT2D eigenvalue weighted by Gasteiger charge is 2.32. The average molecular weight is 457 g/mol. The summed E-state index contributed by atoms with van der Waals surface area (Å²) >= 11 is 1.57. The summed E-state index contributed by atoms with van der Waals surface area (Å²) < 4.78 is 31.3. The molecule has 0 spiro atoms. The smallest absolute Gasteiger partial charge is 0.252 e. The van der Waals surface area contributed by atoms with Crippen LogP contribution in [-0.4, -0.2) is 40.6 Å². The van der Waals surface area contributed by atoms with E-state index in [0.29, 0.717) is 46.7 Å². The van der Waals surface area contributed by atoms with Crippen LogP contribution in [-0.2, 0) is 16.4 Å². The molecule has 0 unspecified atom stereocenters. The first kappa shape index (κ1) is 20.0. The Kier molecular flexibility index (Phi) is 4.90. The monoisotopic (exact) mass is 456 g/mol. The molecule has 1 saturated heterocycles. The van der Waals surface area contributed by atoms with Crippen molar-refractivity contribution < 1.29 is 17.6 Å². The lowest BCUT2D eigenvalue weighted by Crippen LogP contribution is -2.23. The number of hydrogen-bond donors (Lipinski definition) is 1. The van der Waals surface area contributed by atoms with Gasteiger partial charge in [-0.1, -0.05) is 6.07 Å². The molecule has 1 aliphatic rings. The van der Waals surface area contributed by atoms with E-state index in [1.54, 1.807) is 40.5 Å². The number of pyridine rings is 1. The predicted molar refractivity (Wildman–Crippen MR) is 118 cm³/mol. The fourth-order valence-electron chi connectivity index (χ4n) is 3.94. The highest BCUT2D eigenvalue weighted by Crippen LogP contribution is 2.32. The molecule has 0 bridgehead atoms. The van der Waals surface area contributed by atoms with Crippen molar-refractivity contribution in [3.63, 3.8) is 0 Å². The standard InChI is InChI=1S/C21H20N4O4S2/c1-13-19-16(21(26)22-11-15-4-3-8-30-15)10-17(18-5-2-7-29-18)23-20(19)25(24-13)14-6-9-31(27,28)12-14/h2-5,7-8,10,14H,6,9,11-12H2,1H3,(H,22,26)/t14-/m1/s1. The van der Waals surface area contributed by atoms with E-state index in [4.69, 9.17) is 9.40 Å². The van der Waals surface area contributed by atoms with Crippen LogP contribution >= 0.6 is 11.3 Å². The molecule has 1 N–H and O–H groups in total. The fourth-order valence-corrected chi connectivity index (χ4v) is 6.28. The number of nitrogens with zero attached hydrogens (tertiary/aromatic N) is 3. The highest BCUT2D eigenvalue weighted by atomic mass is 32.2. The number of furan rings is 1. The molecule has 1 fully saturated rings. The number of thiophene rings is 1. The molecule has 0 aliphatic carbocycles. The van der Waals surface area contributed by atoms with E-state index in [-0.39, 0.29) is 23.5 Å². The van der Waals surface area contributed by atoms with Crippen LogP contribution in [0.15, 0.2) is 46.4 Å². The van der Waals surface area contributed by atoms with E-state index in [0.717, 1.165) is 4.88 Å². The van der Waals surface area contributed by atoms with Gasteiger partial charge < -0.3 is 9.73 Å². The lowest BCUT2D eigenvalue weighted by Gasteiger charge is -2.11. The average Bonchev–Trinajstić information content (AvgIpc) is 3.53. The quantitative estimate of drug-likeness (QED) is 0.494. The van der Waals surface area contributed by atoms with Crippen LogP contribution in [0.5, 0.6) is 0 Å². The van der Waals surface area contributed by atoms with Crippen molar-refractivity contribution in [2.24, 2.45) is 0 Å². The van der Waals surface area contributed by atoms with Crippen molar-refractivity contribution in [3.8, 4) is 11.5 Å². The maximum atomic E-state index is 13.2. The lowest BCUT2D eigenvalue weighted by molar-refractivity contribution is 0.0953. The minimum absolute atomic E-state index is 0.0236. The Balaban J connectivity index is 1.62. The zero-order valence-electron chi connectivity index (χ0n) is 16.7. The zero-order chi connectivity index (χ0) is 21.6. The molecule has 1 amide bonds. The normalized spacial score (nSPS) is 17.9. The van der Waals surface area contributed by atoms with E-state index >= 15 is 0 Å². The third kappa shape index (κ3) is 3.77. The molecule has 5 heterocycles. The Morgan fingerprint density at radius 1 is 1.35 bits per heavy atom. The number of rotatable bonds is 5. The Hall–Kier alpha value is -2.98. The number of aryl methyl sites for hydroxylation is 1. The molecule has 0 saturated carbocycles. The Labute approximate surface area is 182 Å². The van der Waals surface area contributed by atoms with Gasteiger partial charge in [-0.3, -0.25) is 4.79 Å². The van der Waals surface area contributed by atoms with Crippen LogP contribution in [0.2, 0.25) is 0 Å². The van der Waals surface area contributed by atoms with Crippen molar-refractivity contribution in [2.75, 3.05) is 11.5 Å². The summed E-state index contributed by atoms with van der Waals surface area (Å²) in [5.74, 6) is 0.439. The van der Waals surface area contributed by atoms with Gasteiger partial charge in [0.1, 0.15) is 5.69 Å². The van der Waals surface area contributed by atoms with E-state index in [2.05, 4.69) is 10.4 Å². The summed E-state index contributed by atoms with van der Waals surface area (Å²) in [6.45, 7) is 2.23. The number of fused-ring (bicyclic) bond motifs is 1. The summed E-state index contributed by atoms with van der Waals surface area (Å²) in [4.78, 5) is 18.9. The number of carbonyl (C=O) groups excluding carboxylic acids is 1. The molecular weight excluding hydrogens is 436 g/mol. The molecule has 10 heteroatoms. The van der Waals surface area contributed by atoms with Gasteiger partial charge in [0.25, 0.3) is 5.91 Å². The van der Waals surface area contributed by atoms with Crippen LogP contribution in [0.1, 0.15) is 33.4 Å². The van der Waals surface area contributed by atoms with Crippen LogP contribution in [0.4, 0.5) is 0 Å². The van der Waals surface area contributed by atoms with Crippen LogP contribution < -0.4 is 5.32 Å². The molecule has 1 atom stereocenters. The number of amides is 1. The van der Waals surface area contributed by atoms with Gasteiger partial charge in [-0.2, -0.15) is 5.10 Å². The SMILES string of the molecule is Cc1nn([C@@H]2CCS(=O)(=O)C2)c2nc(-c3ccco3)cc(C(=O)NCc3cccs3)c12. The largest absolute Gasteiger partial charge is 0.463 e. The maximum Gasteiger partial charge on any atom is 0.252 e. The highest BCUT2D eigenvalue weighted by molar-refractivity contribution is 7.91. The fraction of sp³-hybridized carbons (Fsp3) is 0.286. The molecule has 0 radical (unpaired) electrons. The minimum atomic E-state index is -3.10. The van der Waals surface area contributed by atoms with Crippen molar-refractivity contribution in [1.82, 2.24) is 20.1 Å². The third-order valence-electron chi connectivity index (χ3n) is 5.41. The molecule has 1 aliphatic heterocycles. The number of sulfone groups is 1. The summed E-state index contributed by atoms with van der Waals surface area (Å²) in [7, 11) is -3.10. The van der Waals surface area contributed by atoms with Gasteiger partial charge in [-0.15, -0.1) is 11.3 Å². The number of hydrogen-bond acceptors (Lipinski definition) is 7. The first-order chi connectivity index (χ1) is 14.9. The maximum absolute atomic E-state index is 13.2. The summed E-state index contributed by atoms with van der Waals surface area (Å²) in [5.41, 5.74) is 2.08. The van der Waals surface area contributed by atoms with Crippen molar-refractivity contribution in [2.45, 2.75) is 25.9 Å². The van der Waals surface area contributed by atoms with E-state index in [1.807, 2.05) is 24.4 Å².